The van der Waals surface area contributed by atoms with E-state index in [-0.39, 0.29) is 29.2 Å². The topological polar surface area (TPSA) is 69.6 Å². The van der Waals surface area contributed by atoms with Crippen molar-refractivity contribution in [2.75, 3.05) is 13.1 Å². The summed E-state index contributed by atoms with van der Waals surface area (Å²) in [7, 11) is 0. The van der Waals surface area contributed by atoms with Crippen molar-refractivity contribution >= 4 is 23.2 Å². The lowest BCUT2D eigenvalue weighted by Crippen LogP contribution is -2.46. The zero-order valence-electron chi connectivity index (χ0n) is 13.3. The van der Waals surface area contributed by atoms with Gasteiger partial charge in [-0.1, -0.05) is 18.2 Å². The molecule has 2 amide bonds. The second-order valence-electron chi connectivity index (χ2n) is 5.90. The van der Waals surface area contributed by atoms with Gasteiger partial charge in [0, 0.05) is 24.0 Å². The number of hydrogen-bond acceptors (Lipinski definition) is 4. The van der Waals surface area contributed by atoms with Gasteiger partial charge in [0.15, 0.2) is 0 Å². The number of hydrogen-bond donors (Lipinski definition) is 2. The van der Waals surface area contributed by atoms with E-state index in [9.17, 15) is 14.7 Å². The first-order valence-electron chi connectivity index (χ1n) is 8.02. The number of para-hydroxylation sites is 1. The molecule has 1 aliphatic rings. The molecular weight excluding hydrogens is 324 g/mol. The highest BCUT2D eigenvalue weighted by atomic mass is 32.1. The molecule has 3 rings (SSSR count). The summed E-state index contributed by atoms with van der Waals surface area (Å²) in [6.07, 6.45) is 1.91. The van der Waals surface area contributed by atoms with E-state index in [1.54, 1.807) is 29.5 Å². The third-order valence-electron chi connectivity index (χ3n) is 4.24. The minimum absolute atomic E-state index is 0.0152. The normalized spacial score (nSPS) is 15.2. The lowest BCUT2D eigenvalue weighted by atomic mass is 10.0. The zero-order chi connectivity index (χ0) is 16.9. The molecule has 2 N–H and O–H groups in total. The number of amides is 2. The van der Waals surface area contributed by atoms with Crippen LogP contribution in [-0.2, 0) is 11.2 Å². The summed E-state index contributed by atoms with van der Waals surface area (Å²) in [5, 5.41) is 14.7. The second kappa shape index (κ2) is 7.49. The van der Waals surface area contributed by atoms with Crippen LogP contribution in [0.15, 0.2) is 41.8 Å². The fourth-order valence-electron chi connectivity index (χ4n) is 2.88. The van der Waals surface area contributed by atoms with Crippen molar-refractivity contribution < 1.29 is 14.7 Å². The summed E-state index contributed by atoms with van der Waals surface area (Å²) < 4.78 is 0. The molecule has 1 aliphatic heterocycles. The predicted molar refractivity (Wildman–Crippen MR) is 93.2 cm³/mol. The molecule has 5 nitrogen and oxygen atoms in total. The van der Waals surface area contributed by atoms with Crippen LogP contribution >= 0.6 is 11.3 Å². The van der Waals surface area contributed by atoms with Crippen LogP contribution < -0.4 is 5.32 Å². The molecule has 1 saturated heterocycles. The smallest absolute Gasteiger partial charge is 0.255 e. The number of nitrogens with zero attached hydrogens (tertiary/aromatic N) is 1. The summed E-state index contributed by atoms with van der Waals surface area (Å²) in [6, 6.07) is 10.5. The van der Waals surface area contributed by atoms with Gasteiger partial charge in [-0.2, -0.15) is 0 Å². The number of nitrogens with one attached hydrogen (secondary N) is 1. The van der Waals surface area contributed by atoms with Gasteiger partial charge in [-0.15, -0.1) is 11.3 Å². The van der Waals surface area contributed by atoms with Gasteiger partial charge in [-0.3, -0.25) is 9.59 Å². The van der Waals surface area contributed by atoms with Crippen LogP contribution in [0.5, 0.6) is 5.75 Å². The number of benzene rings is 1. The number of aromatic hydroxyl groups is 1. The Morgan fingerprint density at radius 1 is 1.17 bits per heavy atom. The maximum absolute atomic E-state index is 12.3. The summed E-state index contributed by atoms with van der Waals surface area (Å²) in [5.74, 6) is -0.141. The van der Waals surface area contributed by atoms with Crippen LogP contribution in [0, 0.1) is 0 Å². The van der Waals surface area contributed by atoms with Crippen LogP contribution in [0.4, 0.5) is 0 Å². The van der Waals surface area contributed by atoms with Gasteiger partial charge in [0.1, 0.15) is 5.75 Å². The van der Waals surface area contributed by atoms with Crippen LogP contribution in [0.2, 0.25) is 0 Å². The van der Waals surface area contributed by atoms with Crippen LogP contribution in [0.3, 0.4) is 0 Å². The van der Waals surface area contributed by atoms with E-state index in [0.717, 1.165) is 17.7 Å². The highest BCUT2D eigenvalue weighted by Crippen LogP contribution is 2.18. The molecule has 0 aliphatic carbocycles. The van der Waals surface area contributed by atoms with Crippen molar-refractivity contribution in [2.24, 2.45) is 0 Å². The van der Waals surface area contributed by atoms with Crippen LogP contribution in [0.25, 0.3) is 0 Å². The first kappa shape index (κ1) is 16.5. The monoisotopic (exact) mass is 344 g/mol. The molecule has 2 heterocycles. The van der Waals surface area contributed by atoms with Crippen molar-refractivity contribution in [1.29, 1.82) is 0 Å². The first-order valence-corrected chi connectivity index (χ1v) is 8.90. The third kappa shape index (κ3) is 3.94. The number of piperidine rings is 1. The Morgan fingerprint density at radius 3 is 2.58 bits per heavy atom. The maximum atomic E-state index is 12.3. The van der Waals surface area contributed by atoms with E-state index < -0.39 is 0 Å². The summed E-state index contributed by atoms with van der Waals surface area (Å²) in [4.78, 5) is 27.4. The molecular formula is C18H20N2O3S. The molecule has 126 valence electrons. The summed E-state index contributed by atoms with van der Waals surface area (Å²) >= 11 is 1.59. The number of thiophene rings is 1. The van der Waals surface area contributed by atoms with Crippen molar-refractivity contribution in [3.63, 3.8) is 0 Å². The largest absolute Gasteiger partial charge is 0.507 e. The Morgan fingerprint density at radius 2 is 1.92 bits per heavy atom. The molecule has 0 spiro atoms. The van der Waals surface area contributed by atoms with Gasteiger partial charge in [-0.25, -0.2) is 0 Å². The Kier molecular flexibility index (Phi) is 5.15. The van der Waals surface area contributed by atoms with Gasteiger partial charge in [0.05, 0.1) is 12.0 Å². The van der Waals surface area contributed by atoms with Gasteiger partial charge < -0.3 is 15.3 Å². The Bertz CT molecular complexity index is 707. The van der Waals surface area contributed by atoms with Crippen molar-refractivity contribution in [3.8, 4) is 5.75 Å². The minimum atomic E-state index is -0.267. The van der Waals surface area contributed by atoms with E-state index in [1.165, 1.54) is 6.07 Å². The van der Waals surface area contributed by atoms with Crippen molar-refractivity contribution in [2.45, 2.75) is 25.3 Å². The van der Waals surface area contributed by atoms with Gasteiger partial charge in [-0.05, 0) is 36.4 Å². The molecule has 2 aromatic rings. The van der Waals surface area contributed by atoms with E-state index in [2.05, 4.69) is 5.32 Å². The van der Waals surface area contributed by atoms with Gasteiger partial charge >= 0.3 is 0 Å². The molecule has 1 aromatic carbocycles. The predicted octanol–water partition coefficient (Wildman–Crippen LogP) is 2.42. The van der Waals surface area contributed by atoms with E-state index in [1.807, 2.05) is 22.4 Å². The number of rotatable bonds is 4. The van der Waals surface area contributed by atoms with E-state index in [4.69, 9.17) is 0 Å². The van der Waals surface area contributed by atoms with Crippen molar-refractivity contribution in [1.82, 2.24) is 10.2 Å². The zero-order valence-corrected chi connectivity index (χ0v) is 14.1. The fourth-order valence-corrected chi connectivity index (χ4v) is 3.57. The molecule has 0 unspecified atom stereocenters. The summed E-state index contributed by atoms with van der Waals surface area (Å²) in [5.41, 5.74) is 0.286. The Balaban J connectivity index is 1.49. The number of phenols is 1. The molecule has 0 atom stereocenters. The van der Waals surface area contributed by atoms with Crippen LogP contribution in [0.1, 0.15) is 28.1 Å². The quantitative estimate of drug-likeness (QED) is 0.895. The third-order valence-corrected chi connectivity index (χ3v) is 5.11. The van der Waals surface area contributed by atoms with Gasteiger partial charge in [0.25, 0.3) is 5.91 Å². The second-order valence-corrected chi connectivity index (χ2v) is 6.93. The lowest BCUT2D eigenvalue weighted by Gasteiger charge is -2.32. The molecule has 0 radical (unpaired) electrons. The molecule has 24 heavy (non-hydrogen) atoms. The minimum Gasteiger partial charge on any atom is -0.507 e. The molecule has 1 fully saturated rings. The average molecular weight is 344 g/mol. The standard InChI is InChI=1S/C18H20N2O3S/c21-16-6-2-1-5-15(16)18(23)19-13-7-9-20(10-8-13)17(22)12-14-4-3-11-24-14/h1-6,11,13,21H,7-10,12H2,(H,19,23). The van der Waals surface area contributed by atoms with E-state index >= 15 is 0 Å². The first-order chi connectivity index (χ1) is 11.6. The number of phenolic OH excluding ortho intramolecular Hbond substituents is 1. The SMILES string of the molecule is O=C(NC1CCN(C(=O)Cc2cccs2)CC1)c1ccccc1O. The number of carbonyl (C=O) groups is 2. The molecule has 1 aromatic heterocycles. The van der Waals surface area contributed by atoms with Crippen molar-refractivity contribution in [3.05, 3.63) is 52.2 Å². The van der Waals surface area contributed by atoms with E-state index in [0.29, 0.717) is 19.5 Å². The molecule has 6 heteroatoms. The highest BCUT2D eigenvalue weighted by molar-refractivity contribution is 7.10. The van der Waals surface area contributed by atoms with Gasteiger partial charge in [0.2, 0.25) is 5.91 Å². The number of carbonyl (C=O) groups excluding carboxylic acids is 2. The Labute approximate surface area is 144 Å². The molecule has 0 saturated carbocycles. The highest BCUT2D eigenvalue weighted by Gasteiger charge is 2.24. The Hall–Kier alpha value is -2.34. The van der Waals surface area contributed by atoms with Crippen LogP contribution in [-0.4, -0.2) is 41.0 Å². The number of likely N-dealkylation sites (tertiary alicyclic amines) is 1. The average Bonchev–Trinajstić information content (AvgIpc) is 3.08. The maximum Gasteiger partial charge on any atom is 0.255 e. The lowest BCUT2D eigenvalue weighted by molar-refractivity contribution is -0.131. The fraction of sp³-hybridized carbons (Fsp3) is 0.333. The molecule has 0 bridgehead atoms. The summed E-state index contributed by atoms with van der Waals surface area (Å²) in [6.45, 7) is 1.30.